The van der Waals surface area contributed by atoms with Gasteiger partial charge in [0.15, 0.2) is 0 Å². The van der Waals surface area contributed by atoms with Crippen LogP contribution in [0, 0.1) is 13.8 Å². The maximum Gasteiger partial charge on any atom is 0.251 e. The molecule has 0 fully saturated rings. The lowest BCUT2D eigenvalue weighted by molar-refractivity contribution is 0.0940. The lowest BCUT2D eigenvalue weighted by atomic mass is 10.00. The summed E-state index contributed by atoms with van der Waals surface area (Å²) in [7, 11) is 0. The molecule has 0 heterocycles. The number of hydrogen-bond donors (Lipinski definition) is 2. The third-order valence-corrected chi connectivity index (χ3v) is 3.64. The fraction of sp³-hybridized carbons (Fsp3) is 0.235. The van der Waals surface area contributed by atoms with E-state index in [4.69, 9.17) is 17.3 Å². The molecule has 1 amide bonds. The van der Waals surface area contributed by atoms with Gasteiger partial charge in [0.1, 0.15) is 0 Å². The van der Waals surface area contributed by atoms with Gasteiger partial charge in [-0.25, -0.2) is 0 Å². The highest BCUT2D eigenvalue weighted by Gasteiger charge is 2.14. The summed E-state index contributed by atoms with van der Waals surface area (Å²) in [5, 5.41) is 3.43. The van der Waals surface area contributed by atoms with Crippen molar-refractivity contribution in [2.45, 2.75) is 26.8 Å². The summed E-state index contributed by atoms with van der Waals surface area (Å²) >= 11 is 5.93. The Labute approximate surface area is 130 Å². The van der Waals surface area contributed by atoms with Crippen LogP contribution in [0.3, 0.4) is 0 Å². The number of nitrogens with two attached hydrogens (primary N) is 1. The predicted octanol–water partition coefficient (Wildman–Crippen LogP) is 4.03. The molecule has 21 heavy (non-hydrogen) atoms. The fourth-order valence-electron chi connectivity index (χ4n) is 2.41. The zero-order valence-corrected chi connectivity index (χ0v) is 13.2. The number of halogens is 1. The minimum atomic E-state index is -0.184. The first-order valence-electron chi connectivity index (χ1n) is 6.81. The third kappa shape index (κ3) is 3.76. The Morgan fingerprint density at radius 2 is 1.90 bits per heavy atom. The molecular weight excluding hydrogens is 284 g/mol. The van der Waals surface area contributed by atoms with Crippen molar-refractivity contribution in [2.75, 3.05) is 5.73 Å². The van der Waals surface area contributed by atoms with Gasteiger partial charge in [0.25, 0.3) is 5.91 Å². The highest BCUT2D eigenvalue weighted by atomic mass is 35.5. The van der Waals surface area contributed by atoms with Crippen molar-refractivity contribution >= 4 is 23.2 Å². The van der Waals surface area contributed by atoms with Gasteiger partial charge in [-0.05, 0) is 50.1 Å². The van der Waals surface area contributed by atoms with E-state index >= 15 is 0 Å². The maximum absolute atomic E-state index is 12.3. The van der Waals surface area contributed by atoms with Gasteiger partial charge in [0.2, 0.25) is 0 Å². The molecule has 2 aromatic carbocycles. The third-order valence-electron chi connectivity index (χ3n) is 3.42. The molecule has 110 valence electrons. The number of nitrogen functional groups attached to an aromatic ring is 1. The topological polar surface area (TPSA) is 55.1 Å². The standard InChI is InChI=1S/C17H19ClN2O/c1-10-4-5-16(11(2)6-10)12(3)20-17(21)13-7-14(18)9-15(19)8-13/h4-9,12H,19H2,1-3H3,(H,20,21). The van der Waals surface area contributed by atoms with Crippen LogP contribution in [0.2, 0.25) is 5.02 Å². The van der Waals surface area contributed by atoms with Crippen LogP contribution in [0.4, 0.5) is 5.69 Å². The quantitative estimate of drug-likeness (QED) is 0.841. The number of rotatable bonds is 3. The smallest absolute Gasteiger partial charge is 0.251 e. The molecule has 0 aliphatic rings. The Morgan fingerprint density at radius 3 is 2.52 bits per heavy atom. The molecular formula is C17H19ClN2O. The van der Waals surface area contributed by atoms with Crippen molar-refractivity contribution in [3.63, 3.8) is 0 Å². The van der Waals surface area contributed by atoms with Gasteiger partial charge >= 0.3 is 0 Å². The summed E-state index contributed by atoms with van der Waals surface area (Å²) < 4.78 is 0. The number of nitrogens with one attached hydrogen (secondary N) is 1. The molecule has 0 aliphatic carbocycles. The van der Waals surface area contributed by atoms with Crippen LogP contribution < -0.4 is 11.1 Å². The highest BCUT2D eigenvalue weighted by Crippen LogP contribution is 2.21. The SMILES string of the molecule is Cc1ccc(C(C)NC(=O)c2cc(N)cc(Cl)c2)c(C)c1. The van der Waals surface area contributed by atoms with E-state index in [0.717, 1.165) is 11.1 Å². The number of carbonyl (C=O) groups is 1. The maximum atomic E-state index is 12.3. The molecule has 0 radical (unpaired) electrons. The summed E-state index contributed by atoms with van der Waals surface area (Å²) in [6, 6.07) is 11.0. The van der Waals surface area contributed by atoms with E-state index in [-0.39, 0.29) is 11.9 Å². The molecule has 2 rings (SSSR count). The van der Waals surface area contributed by atoms with Crippen LogP contribution >= 0.6 is 11.6 Å². The van der Waals surface area contributed by atoms with E-state index in [1.165, 1.54) is 5.56 Å². The summed E-state index contributed by atoms with van der Waals surface area (Å²) in [6.07, 6.45) is 0. The molecule has 0 bridgehead atoms. The summed E-state index contributed by atoms with van der Waals surface area (Å²) in [6.45, 7) is 6.06. The van der Waals surface area contributed by atoms with Gasteiger partial charge in [-0.15, -0.1) is 0 Å². The first-order valence-corrected chi connectivity index (χ1v) is 7.18. The fourth-order valence-corrected chi connectivity index (χ4v) is 2.66. The molecule has 3 nitrogen and oxygen atoms in total. The van der Waals surface area contributed by atoms with Gasteiger partial charge in [-0.1, -0.05) is 35.4 Å². The van der Waals surface area contributed by atoms with Gasteiger partial charge in [-0.2, -0.15) is 0 Å². The zero-order chi connectivity index (χ0) is 15.6. The van der Waals surface area contributed by atoms with Gasteiger partial charge in [0, 0.05) is 16.3 Å². The van der Waals surface area contributed by atoms with E-state index in [1.54, 1.807) is 18.2 Å². The van der Waals surface area contributed by atoms with E-state index < -0.39 is 0 Å². The monoisotopic (exact) mass is 302 g/mol. The second-order valence-corrected chi connectivity index (χ2v) is 5.76. The predicted molar refractivity (Wildman–Crippen MR) is 87.7 cm³/mol. The molecule has 0 aromatic heterocycles. The van der Waals surface area contributed by atoms with Crippen molar-refractivity contribution in [1.29, 1.82) is 0 Å². The number of anilines is 1. The molecule has 4 heteroatoms. The average Bonchev–Trinajstić information content (AvgIpc) is 2.37. The van der Waals surface area contributed by atoms with Crippen molar-refractivity contribution in [3.8, 4) is 0 Å². The van der Waals surface area contributed by atoms with Crippen molar-refractivity contribution in [1.82, 2.24) is 5.32 Å². The summed E-state index contributed by atoms with van der Waals surface area (Å²) in [4.78, 5) is 12.3. The normalized spacial score (nSPS) is 12.0. The Balaban J connectivity index is 2.18. The number of benzene rings is 2. The molecule has 3 N–H and O–H groups in total. The largest absolute Gasteiger partial charge is 0.399 e. The van der Waals surface area contributed by atoms with Crippen LogP contribution in [-0.4, -0.2) is 5.91 Å². The number of carbonyl (C=O) groups excluding carboxylic acids is 1. The Hall–Kier alpha value is -2.00. The molecule has 0 saturated heterocycles. The van der Waals surface area contributed by atoms with Gasteiger partial charge in [-0.3, -0.25) is 4.79 Å². The molecule has 1 atom stereocenters. The minimum absolute atomic E-state index is 0.0849. The lowest BCUT2D eigenvalue weighted by Crippen LogP contribution is -2.27. The second kappa shape index (κ2) is 6.19. The van der Waals surface area contributed by atoms with Crippen LogP contribution in [0.1, 0.15) is 40.0 Å². The average molecular weight is 303 g/mol. The molecule has 0 saturated carbocycles. The van der Waals surface area contributed by atoms with Crippen LogP contribution in [-0.2, 0) is 0 Å². The lowest BCUT2D eigenvalue weighted by Gasteiger charge is -2.17. The van der Waals surface area contributed by atoms with Crippen molar-refractivity contribution in [2.24, 2.45) is 0 Å². The molecule has 2 aromatic rings. The minimum Gasteiger partial charge on any atom is -0.399 e. The molecule has 1 unspecified atom stereocenters. The first kappa shape index (κ1) is 15.4. The van der Waals surface area contributed by atoms with Crippen molar-refractivity contribution < 1.29 is 4.79 Å². The number of amides is 1. The summed E-state index contributed by atoms with van der Waals surface area (Å²) in [5.74, 6) is -0.184. The van der Waals surface area contributed by atoms with E-state index in [0.29, 0.717) is 16.3 Å². The van der Waals surface area contributed by atoms with Crippen molar-refractivity contribution in [3.05, 3.63) is 63.7 Å². The summed E-state index contributed by atoms with van der Waals surface area (Å²) in [5.41, 5.74) is 10.1. The zero-order valence-electron chi connectivity index (χ0n) is 12.4. The highest BCUT2D eigenvalue weighted by molar-refractivity contribution is 6.31. The van der Waals surface area contributed by atoms with E-state index in [2.05, 4.69) is 18.3 Å². The first-order chi connectivity index (χ1) is 9.86. The van der Waals surface area contributed by atoms with Gasteiger partial charge in [0.05, 0.1) is 6.04 Å². The molecule has 0 spiro atoms. The van der Waals surface area contributed by atoms with Crippen LogP contribution in [0.25, 0.3) is 0 Å². The molecule has 0 aliphatic heterocycles. The van der Waals surface area contributed by atoms with Crippen LogP contribution in [0.15, 0.2) is 36.4 Å². The second-order valence-electron chi connectivity index (χ2n) is 5.33. The van der Waals surface area contributed by atoms with Gasteiger partial charge < -0.3 is 11.1 Å². The van der Waals surface area contributed by atoms with E-state index in [9.17, 15) is 4.79 Å². The Bertz CT molecular complexity index is 662. The number of aryl methyl sites for hydroxylation is 2. The Kier molecular flexibility index (Phi) is 4.53. The Morgan fingerprint density at radius 1 is 1.19 bits per heavy atom. The number of hydrogen-bond acceptors (Lipinski definition) is 2. The van der Waals surface area contributed by atoms with E-state index in [1.807, 2.05) is 26.0 Å². The van der Waals surface area contributed by atoms with Crippen LogP contribution in [0.5, 0.6) is 0 Å².